The number of nitrogens with two attached hydrogens (primary N) is 1. The molecule has 0 aromatic heterocycles. The molecule has 2 amide bonds. The van der Waals surface area contributed by atoms with Crippen molar-refractivity contribution in [1.82, 2.24) is 10.2 Å². The molecule has 0 saturated carbocycles. The van der Waals surface area contributed by atoms with E-state index >= 15 is 0 Å². The van der Waals surface area contributed by atoms with Crippen LogP contribution in [0.15, 0.2) is 24.3 Å². The van der Waals surface area contributed by atoms with Gasteiger partial charge >= 0.3 is 0 Å². The van der Waals surface area contributed by atoms with Crippen molar-refractivity contribution in [2.45, 2.75) is 39.8 Å². The molecule has 0 spiro atoms. The van der Waals surface area contributed by atoms with Gasteiger partial charge in [-0.3, -0.25) is 9.59 Å². The van der Waals surface area contributed by atoms with Gasteiger partial charge in [-0.15, -0.1) is 0 Å². The predicted octanol–water partition coefficient (Wildman–Crippen LogP) is 1.06. The second kappa shape index (κ2) is 8.42. The van der Waals surface area contributed by atoms with Crippen LogP contribution in [-0.4, -0.2) is 35.8 Å². The number of benzene rings is 1. The van der Waals surface area contributed by atoms with Crippen molar-refractivity contribution in [3.63, 3.8) is 0 Å². The van der Waals surface area contributed by atoms with Gasteiger partial charge in [-0.05, 0) is 31.9 Å². The zero-order valence-corrected chi connectivity index (χ0v) is 13.1. The maximum absolute atomic E-state index is 12.3. The standard InChI is InChI=1S/C16H25N3O2/c1-4-19(11-15(20)18-12(2)3)16(21)9-13-7-5-6-8-14(13)10-17/h5-8,12H,4,9-11,17H2,1-3H3,(H,18,20). The van der Waals surface area contributed by atoms with E-state index in [0.717, 1.165) is 11.1 Å². The molecule has 0 atom stereocenters. The summed E-state index contributed by atoms with van der Waals surface area (Å²) >= 11 is 0. The molecule has 0 aliphatic carbocycles. The molecule has 0 radical (unpaired) electrons. The van der Waals surface area contributed by atoms with Crippen molar-refractivity contribution >= 4 is 11.8 Å². The number of nitrogens with zero attached hydrogens (tertiary/aromatic N) is 1. The monoisotopic (exact) mass is 291 g/mol. The highest BCUT2D eigenvalue weighted by molar-refractivity contribution is 5.86. The first kappa shape index (κ1) is 17.2. The van der Waals surface area contributed by atoms with E-state index in [4.69, 9.17) is 5.73 Å². The molecule has 0 saturated heterocycles. The largest absolute Gasteiger partial charge is 0.352 e. The SMILES string of the molecule is CCN(CC(=O)NC(C)C)C(=O)Cc1ccccc1CN. The number of hydrogen-bond donors (Lipinski definition) is 2. The van der Waals surface area contributed by atoms with Crippen LogP contribution in [0.3, 0.4) is 0 Å². The van der Waals surface area contributed by atoms with Gasteiger partial charge in [0.05, 0.1) is 13.0 Å². The van der Waals surface area contributed by atoms with E-state index < -0.39 is 0 Å². The minimum atomic E-state index is -0.132. The Hall–Kier alpha value is -1.88. The Morgan fingerprint density at radius 1 is 1.24 bits per heavy atom. The van der Waals surface area contributed by atoms with E-state index in [1.807, 2.05) is 45.0 Å². The van der Waals surface area contributed by atoms with Crippen molar-refractivity contribution in [2.24, 2.45) is 5.73 Å². The van der Waals surface area contributed by atoms with Crippen molar-refractivity contribution in [2.75, 3.05) is 13.1 Å². The van der Waals surface area contributed by atoms with E-state index in [2.05, 4.69) is 5.32 Å². The van der Waals surface area contributed by atoms with Crippen LogP contribution in [0, 0.1) is 0 Å². The number of rotatable bonds is 7. The van der Waals surface area contributed by atoms with Crippen molar-refractivity contribution in [3.05, 3.63) is 35.4 Å². The zero-order valence-electron chi connectivity index (χ0n) is 13.1. The molecule has 0 fully saturated rings. The Morgan fingerprint density at radius 3 is 2.38 bits per heavy atom. The van der Waals surface area contributed by atoms with E-state index in [9.17, 15) is 9.59 Å². The Bertz CT molecular complexity index is 486. The lowest BCUT2D eigenvalue weighted by Crippen LogP contribution is -2.43. The van der Waals surface area contributed by atoms with Crippen LogP contribution in [0.2, 0.25) is 0 Å². The van der Waals surface area contributed by atoms with E-state index in [1.165, 1.54) is 0 Å². The van der Waals surface area contributed by atoms with Gasteiger partial charge in [-0.2, -0.15) is 0 Å². The maximum atomic E-state index is 12.3. The lowest BCUT2D eigenvalue weighted by molar-refractivity contribution is -0.135. The Labute approximate surface area is 126 Å². The molecule has 1 aromatic carbocycles. The third kappa shape index (κ3) is 5.55. The summed E-state index contributed by atoms with van der Waals surface area (Å²) in [5, 5.41) is 2.80. The summed E-state index contributed by atoms with van der Waals surface area (Å²) in [5.74, 6) is -0.190. The normalized spacial score (nSPS) is 10.5. The number of carbonyl (C=O) groups is 2. The Morgan fingerprint density at radius 2 is 1.86 bits per heavy atom. The van der Waals surface area contributed by atoms with Crippen LogP contribution in [0.1, 0.15) is 31.9 Å². The smallest absolute Gasteiger partial charge is 0.239 e. The summed E-state index contributed by atoms with van der Waals surface area (Å²) in [7, 11) is 0. The second-order valence-corrected chi connectivity index (χ2v) is 5.28. The van der Waals surface area contributed by atoms with E-state index in [1.54, 1.807) is 4.90 Å². The fourth-order valence-corrected chi connectivity index (χ4v) is 2.12. The van der Waals surface area contributed by atoms with Crippen LogP contribution in [0.25, 0.3) is 0 Å². The van der Waals surface area contributed by atoms with Crippen LogP contribution >= 0.6 is 0 Å². The second-order valence-electron chi connectivity index (χ2n) is 5.28. The molecule has 0 aliphatic rings. The number of hydrogen-bond acceptors (Lipinski definition) is 3. The Balaban J connectivity index is 2.69. The predicted molar refractivity (Wildman–Crippen MR) is 83.6 cm³/mol. The molecular weight excluding hydrogens is 266 g/mol. The molecule has 3 N–H and O–H groups in total. The summed E-state index contributed by atoms with van der Waals surface area (Å²) in [6.45, 7) is 6.67. The molecule has 5 heteroatoms. The van der Waals surface area contributed by atoms with Crippen LogP contribution < -0.4 is 11.1 Å². The maximum Gasteiger partial charge on any atom is 0.239 e. The van der Waals surface area contributed by atoms with Gasteiger partial charge in [0.15, 0.2) is 0 Å². The van der Waals surface area contributed by atoms with Gasteiger partial charge in [-0.1, -0.05) is 24.3 Å². The van der Waals surface area contributed by atoms with Gasteiger partial charge in [0.2, 0.25) is 11.8 Å². The van der Waals surface area contributed by atoms with E-state index in [0.29, 0.717) is 13.1 Å². The van der Waals surface area contributed by atoms with Crippen molar-refractivity contribution < 1.29 is 9.59 Å². The summed E-state index contributed by atoms with van der Waals surface area (Å²) in [4.78, 5) is 25.7. The first-order valence-electron chi connectivity index (χ1n) is 7.31. The van der Waals surface area contributed by atoms with Crippen LogP contribution in [0.4, 0.5) is 0 Å². The van der Waals surface area contributed by atoms with Crippen molar-refractivity contribution in [1.29, 1.82) is 0 Å². The number of amides is 2. The minimum absolute atomic E-state index is 0.0580. The average Bonchev–Trinajstić information content (AvgIpc) is 2.44. The van der Waals surface area contributed by atoms with Gasteiger partial charge in [0, 0.05) is 19.1 Å². The highest BCUT2D eigenvalue weighted by Crippen LogP contribution is 2.10. The number of nitrogens with one attached hydrogen (secondary N) is 1. The average molecular weight is 291 g/mol. The number of likely N-dealkylation sites (N-methyl/N-ethyl adjacent to an activating group) is 1. The lowest BCUT2D eigenvalue weighted by atomic mass is 10.0. The molecule has 0 unspecified atom stereocenters. The summed E-state index contributed by atoms with van der Waals surface area (Å²) in [5.41, 5.74) is 7.57. The molecule has 0 heterocycles. The van der Waals surface area contributed by atoms with Crippen LogP contribution in [0.5, 0.6) is 0 Å². The third-order valence-electron chi connectivity index (χ3n) is 3.20. The van der Waals surface area contributed by atoms with Gasteiger partial charge in [0.25, 0.3) is 0 Å². The molecular formula is C16H25N3O2. The van der Waals surface area contributed by atoms with Crippen LogP contribution in [-0.2, 0) is 22.6 Å². The highest BCUT2D eigenvalue weighted by atomic mass is 16.2. The molecule has 1 rings (SSSR count). The molecule has 5 nitrogen and oxygen atoms in total. The summed E-state index contributed by atoms with van der Waals surface area (Å²) in [6.07, 6.45) is 0.274. The molecule has 0 bridgehead atoms. The topological polar surface area (TPSA) is 75.4 Å². The fraction of sp³-hybridized carbons (Fsp3) is 0.500. The highest BCUT2D eigenvalue weighted by Gasteiger charge is 2.17. The summed E-state index contributed by atoms with van der Waals surface area (Å²) < 4.78 is 0. The first-order valence-corrected chi connectivity index (χ1v) is 7.31. The molecule has 116 valence electrons. The lowest BCUT2D eigenvalue weighted by Gasteiger charge is -2.21. The number of carbonyl (C=O) groups excluding carboxylic acids is 2. The molecule has 21 heavy (non-hydrogen) atoms. The summed E-state index contributed by atoms with van der Waals surface area (Å²) in [6, 6.07) is 7.70. The zero-order chi connectivity index (χ0) is 15.8. The first-order chi connectivity index (χ1) is 9.97. The van der Waals surface area contributed by atoms with E-state index in [-0.39, 0.29) is 30.8 Å². The van der Waals surface area contributed by atoms with Crippen molar-refractivity contribution in [3.8, 4) is 0 Å². The third-order valence-corrected chi connectivity index (χ3v) is 3.20. The fourth-order valence-electron chi connectivity index (χ4n) is 2.12. The van der Waals surface area contributed by atoms with Gasteiger partial charge in [-0.25, -0.2) is 0 Å². The molecule has 0 aliphatic heterocycles. The van der Waals surface area contributed by atoms with Gasteiger partial charge < -0.3 is 16.0 Å². The van der Waals surface area contributed by atoms with Gasteiger partial charge in [0.1, 0.15) is 0 Å². The quantitative estimate of drug-likeness (QED) is 0.789. The molecule has 1 aromatic rings. The Kier molecular flexibility index (Phi) is 6.88. The minimum Gasteiger partial charge on any atom is -0.352 e.